The summed E-state index contributed by atoms with van der Waals surface area (Å²) in [5, 5.41) is 15.2. The van der Waals surface area contributed by atoms with Gasteiger partial charge in [0.15, 0.2) is 5.16 Å². The molecule has 0 spiro atoms. The van der Waals surface area contributed by atoms with Crippen LogP contribution in [0.3, 0.4) is 0 Å². The average Bonchev–Trinajstić information content (AvgIpc) is 2.57. The third kappa shape index (κ3) is 4.12. The van der Waals surface area contributed by atoms with Crippen LogP contribution in [0.4, 0.5) is 0 Å². The maximum atomic E-state index is 11.6. The number of aromatic amines is 1. The zero-order valence-electron chi connectivity index (χ0n) is 9.89. The summed E-state index contributed by atoms with van der Waals surface area (Å²) < 4.78 is 1.37. The molecule has 1 aromatic rings. The maximum absolute atomic E-state index is 11.6. The van der Waals surface area contributed by atoms with Crippen LogP contribution in [0.15, 0.2) is 9.95 Å². The molecule has 0 radical (unpaired) electrons. The molecule has 0 saturated carbocycles. The first-order valence-corrected chi connectivity index (χ1v) is 7.12. The van der Waals surface area contributed by atoms with Crippen LogP contribution in [0.5, 0.6) is 0 Å². The lowest BCUT2D eigenvalue weighted by molar-refractivity contribution is -0.133. The van der Waals surface area contributed by atoms with Crippen LogP contribution >= 0.6 is 23.5 Å². The van der Waals surface area contributed by atoms with Crippen molar-refractivity contribution in [2.45, 2.75) is 30.3 Å². The minimum Gasteiger partial charge on any atom is -0.481 e. The third-order valence-corrected chi connectivity index (χ3v) is 4.33. The van der Waals surface area contributed by atoms with E-state index >= 15 is 0 Å². The number of carboxylic acids is 1. The minimum atomic E-state index is -0.930. The molecular formula is C9H15N3O3S2. The molecule has 0 fully saturated rings. The van der Waals surface area contributed by atoms with Crippen LogP contribution in [-0.2, 0) is 11.3 Å². The summed E-state index contributed by atoms with van der Waals surface area (Å²) in [4.78, 5) is 22.0. The van der Waals surface area contributed by atoms with E-state index in [0.717, 1.165) is 11.8 Å². The molecule has 6 nitrogen and oxygen atoms in total. The minimum absolute atomic E-state index is 0.105. The summed E-state index contributed by atoms with van der Waals surface area (Å²) in [5.41, 5.74) is -0.306. The van der Waals surface area contributed by atoms with Gasteiger partial charge in [-0.25, -0.2) is 9.89 Å². The van der Waals surface area contributed by atoms with Gasteiger partial charge in [0.05, 0.1) is 5.75 Å². The summed E-state index contributed by atoms with van der Waals surface area (Å²) in [6, 6.07) is 0. The van der Waals surface area contributed by atoms with E-state index in [-0.39, 0.29) is 16.2 Å². The summed E-state index contributed by atoms with van der Waals surface area (Å²) in [6.07, 6.45) is 1.97. The number of rotatable bonds is 6. The second kappa shape index (κ2) is 5.63. The molecule has 17 heavy (non-hydrogen) atoms. The lowest BCUT2D eigenvalue weighted by atomic mass is 10.2. The molecule has 2 N–H and O–H groups in total. The topological polar surface area (TPSA) is 88.0 Å². The highest BCUT2D eigenvalue weighted by Crippen LogP contribution is 2.24. The summed E-state index contributed by atoms with van der Waals surface area (Å²) in [6.45, 7) is 4.52. The monoisotopic (exact) mass is 277 g/mol. The van der Waals surface area contributed by atoms with Crippen molar-refractivity contribution in [3.05, 3.63) is 10.5 Å². The van der Waals surface area contributed by atoms with E-state index in [2.05, 4.69) is 10.2 Å². The molecule has 0 atom stereocenters. The fraction of sp³-hybridized carbons (Fsp3) is 0.667. The molecule has 1 rings (SSSR count). The van der Waals surface area contributed by atoms with Crippen molar-refractivity contribution in [2.24, 2.45) is 0 Å². The van der Waals surface area contributed by atoms with Crippen molar-refractivity contribution in [1.82, 2.24) is 14.8 Å². The maximum Gasteiger partial charge on any atom is 0.344 e. The van der Waals surface area contributed by atoms with Gasteiger partial charge in [-0.3, -0.25) is 9.36 Å². The van der Waals surface area contributed by atoms with Gasteiger partial charge in [0.25, 0.3) is 0 Å². The van der Waals surface area contributed by atoms with Crippen molar-refractivity contribution >= 4 is 29.5 Å². The van der Waals surface area contributed by atoms with Crippen LogP contribution in [0, 0.1) is 0 Å². The number of nitrogens with one attached hydrogen (secondary N) is 1. The van der Waals surface area contributed by atoms with E-state index in [9.17, 15) is 9.59 Å². The second-order valence-corrected chi connectivity index (χ2v) is 6.50. The molecule has 0 saturated heterocycles. The Morgan fingerprint density at radius 3 is 2.76 bits per heavy atom. The van der Waals surface area contributed by atoms with Crippen LogP contribution in [0.1, 0.15) is 13.8 Å². The van der Waals surface area contributed by atoms with Crippen LogP contribution in [-0.4, -0.2) is 42.6 Å². The predicted octanol–water partition coefficient (Wildman–Crippen LogP) is 0.890. The fourth-order valence-corrected chi connectivity index (χ4v) is 2.05. The lowest BCUT2D eigenvalue weighted by Gasteiger charge is -2.22. The molecule has 0 unspecified atom stereocenters. The highest BCUT2D eigenvalue weighted by atomic mass is 32.2. The smallest absolute Gasteiger partial charge is 0.344 e. The number of thioether (sulfide) groups is 2. The van der Waals surface area contributed by atoms with Gasteiger partial charge in [-0.05, 0) is 20.1 Å². The Morgan fingerprint density at radius 1 is 1.59 bits per heavy atom. The van der Waals surface area contributed by atoms with Gasteiger partial charge in [-0.15, -0.1) is 5.10 Å². The number of aromatic nitrogens is 3. The van der Waals surface area contributed by atoms with Gasteiger partial charge in [0, 0.05) is 11.3 Å². The first-order chi connectivity index (χ1) is 7.85. The summed E-state index contributed by atoms with van der Waals surface area (Å²) in [7, 11) is 0. The summed E-state index contributed by atoms with van der Waals surface area (Å²) >= 11 is 2.68. The molecule has 0 aromatic carbocycles. The Labute approximate surface area is 107 Å². The van der Waals surface area contributed by atoms with Gasteiger partial charge < -0.3 is 5.11 Å². The van der Waals surface area contributed by atoms with E-state index in [1.54, 1.807) is 11.8 Å². The molecule has 0 aliphatic heterocycles. The van der Waals surface area contributed by atoms with E-state index in [0.29, 0.717) is 11.7 Å². The normalized spacial score (nSPS) is 11.7. The highest BCUT2D eigenvalue weighted by molar-refractivity contribution is 8.00. The average molecular weight is 277 g/mol. The Balaban J connectivity index is 2.87. The van der Waals surface area contributed by atoms with Gasteiger partial charge >= 0.3 is 11.7 Å². The fourth-order valence-electron chi connectivity index (χ4n) is 1.12. The van der Waals surface area contributed by atoms with Crippen molar-refractivity contribution in [3.63, 3.8) is 0 Å². The number of hydrogen-bond acceptors (Lipinski definition) is 5. The molecule has 1 aromatic heterocycles. The Morgan fingerprint density at radius 2 is 2.24 bits per heavy atom. The molecule has 0 amide bonds. The van der Waals surface area contributed by atoms with Crippen molar-refractivity contribution in [3.8, 4) is 0 Å². The molecule has 0 aliphatic rings. The molecule has 1 heterocycles. The molecule has 0 bridgehead atoms. The first-order valence-electron chi connectivity index (χ1n) is 4.90. The standard InChI is InChI=1S/C9H15N3O3S2/c1-9(2,16-3)5-12-7(15)10-11-8(12)17-4-6(13)14/h4-5H2,1-3H3,(H,10,15)(H,13,14). The van der Waals surface area contributed by atoms with E-state index in [4.69, 9.17) is 5.11 Å². The zero-order chi connectivity index (χ0) is 13.1. The molecular weight excluding hydrogens is 262 g/mol. The Hall–Kier alpha value is -0.890. The van der Waals surface area contributed by atoms with Crippen molar-refractivity contribution in [1.29, 1.82) is 0 Å². The van der Waals surface area contributed by atoms with Crippen LogP contribution < -0.4 is 5.69 Å². The highest BCUT2D eigenvalue weighted by Gasteiger charge is 2.21. The van der Waals surface area contributed by atoms with Crippen molar-refractivity contribution < 1.29 is 9.90 Å². The second-order valence-electron chi connectivity index (χ2n) is 4.04. The summed E-state index contributed by atoms with van der Waals surface area (Å²) in [5.74, 6) is -1.04. The number of aliphatic carboxylic acids is 1. The quantitative estimate of drug-likeness (QED) is 0.751. The number of carboxylic acid groups (broad SMARTS) is 1. The number of H-pyrrole nitrogens is 1. The zero-order valence-corrected chi connectivity index (χ0v) is 11.5. The van der Waals surface area contributed by atoms with Crippen LogP contribution in [0.25, 0.3) is 0 Å². The molecule has 0 aliphatic carbocycles. The SMILES string of the molecule is CSC(C)(C)Cn1c(SCC(=O)O)n[nH]c1=O. The number of carbonyl (C=O) groups is 1. The molecule has 8 heteroatoms. The van der Waals surface area contributed by atoms with Gasteiger partial charge in [0.1, 0.15) is 0 Å². The van der Waals surface area contributed by atoms with Crippen LogP contribution in [0.2, 0.25) is 0 Å². The predicted molar refractivity (Wildman–Crippen MR) is 68.8 cm³/mol. The van der Waals surface area contributed by atoms with E-state index in [1.165, 1.54) is 4.57 Å². The van der Waals surface area contributed by atoms with Gasteiger partial charge in [-0.2, -0.15) is 11.8 Å². The Bertz CT molecular complexity index is 453. The van der Waals surface area contributed by atoms with Gasteiger partial charge in [0.2, 0.25) is 0 Å². The number of hydrogen-bond donors (Lipinski definition) is 2. The Kier molecular flexibility index (Phi) is 4.70. The first kappa shape index (κ1) is 14.2. The van der Waals surface area contributed by atoms with E-state index < -0.39 is 5.97 Å². The third-order valence-electron chi connectivity index (χ3n) is 2.14. The van der Waals surface area contributed by atoms with E-state index in [1.807, 2.05) is 20.1 Å². The lowest BCUT2D eigenvalue weighted by Crippen LogP contribution is -2.29. The molecule has 96 valence electrons. The van der Waals surface area contributed by atoms with Crippen molar-refractivity contribution in [2.75, 3.05) is 12.0 Å². The number of nitrogens with zero attached hydrogens (tertiary/aromatic N) is 2. The largest absolute Gasteiger partial charge is 0.481 e. The van der Waals surface area contributed by atoms with Gasteiger partial charge in [-0.1, -0.05) is 11.8 Å².